The van der Waals surface area contributed by atoms with Crippen LogP contribution in [-0.2, 0) is 65.4 Å². The molecule has 0 saturated carbocycles. The largest absolute Gasteiger partial charge is 0.472 e. The van der Waals surface area contributed by atoms with Crippen LogP contribution in [0.25, 0.3) is 0 Å². The SMILES string of the molecule is CCC(C)CCCCCCCCC(=O)OC[C@H](COP(=O)(O)OC[C@H](O)COP(=O)(O)OC[C@@H](COC(=O)CCCCCCCCC(C)CC)OC(=O)CCCCCCCCCCCCCCCCCC(C)C)OC(=O)CCCCCCCCCCCCCCCCCCCCC(C)C. The Morgan fingerprint density at radius 1 is 0.283 bits per heavy atom. The Bertz CT molecular complexity index is 1940. The highest BCUT2D eigenvalue weighted by Crippen LogP contribution is 2.45. The lowest BCUT2D eigenvalue weighted by molar-refractivity contribution is -0.161. The molecule has 0 rings (SSSR count). The van der Waals surface area contributed by atoms with Gasteiger partial charge in [0.15, 0.2) is 12.2 Å². The van der Waals surface area contributed by atoms with Crippen LogP contribution in [0.4, 0.5) is 0 Å². The van der Waals surface area contributed by atoms with Gasteiger partial charge in [-0.25, -0.2) is 9.13 Å². The van der Waals surface area contributed by atoms with E-state index < -0.39 is 97.5 Å². The fourth-order valence-corrected chi connectivity index (χ4v) is 13.8. The summed E-state index contributed by atoms with van der Waals surface area (Å²) < 4.78 is 68.6. The molecule has 588 valence electrons. The van der Waals surface area contributed by atoms with Gasteiger partial charge in [-0.15, -0.1) is 0 Å². The highest BCUT2D eigenvalue weighted by Gasteiger charge is 2.30. The van der Waals surface area contributed by atoms with Crippen molar-refractivity contribution < 1.29 is 80.2 Å². The number of carbonyl (C=O) groups excluding carboxylic acids is 4. The van der Waals surface area contributed by atoms with Crippen molar-refractivity contribution in [1.82, 2.24) is 0 Å². The lowest BCUT2D eigenvalue weighted by atomic mass is 10.00. The number of phosphoric acid groups is 2. The molecule has 4 unspecified atom stereocenters. The van der Waals surface area contributed by atoms with Crippen LogP contribution in [0.15, 0.2) is 0 Å². The molecule has 0 aliphatic heterocycles. The lowest BCUT2D eigenvalue weighted by Crippen LogP contribution is -2.30. The van der Waals surface area contributed by atoms with Gasteiger partial charge in [0.1, 0.15) is 19.3 Å². The summed E-state index contributed by atoms with van der Waals surface area (Å²) in [6.45, 7) is 14.2. The molecule has 0 fully saturated rings. The Hall–Kier alpha value is -1.94. The number of rotatable bonds is 77. The molecule has 0 aromatic heterocycles. The lowest BCUT2D eigenvalue weighted by Gasteiger charge is -2.21. The standard InChI is InChI=1S/C80H156O17P2/c1-9-72(7)58-50-42-36-38-44-52-60-77(82)90-66-75(96-79(84)62-54-46-34-30-26-22-18-14-12-11-13-16-20-24-28-32-40-48-56-70(3)4)68-94-98(86,87)92-64-74(81)65-93-99(88,89)95-69-76(67-91-78(83)61-53-45-39-37-43-51-59-73(8)10-2)97-80(85)63-55-47-35-31-27-23-19-15-17-21-25-29-33-41-49-57-71(5)6/h70-76,81H,9-69H2,1-8H3,(H,86,87)(H,88,89)/t72?,73?,74-,75+,76+/m0/s1. The van der Waals surface area contributed by atoms with E-state index in [2.05, 4.69) is 55.4 Å². The first-order chi connectivity index (χ1) is 47.7. The van der Waals surface area contributed by atoms with Gasteiger partial charge in [0, 0.05) is 25.7 Å². The molecule has 17 nitrogen and oxygen atoms in total. The van der Waals surface area contributed by atoms with Crippen molar-refractivity contribution in [3.8, 4) is 0 Å². The second kappa shape index (κ2) is 69.1. The third-order valence-electron chi connectivity index (χ3n) is 19.3. The molecule has 99 heavy (non-hydrogen) atoms. The summed E-state index contributed by atoms with van der Waals surface area (Å²) in [5.41, 5.74) is 0. The number of hydrogen-bond acceptors (Lipinski definition) is 15. The van der Waals surface area contributed by atoms with E-state index in [0.29, 0.717) is 25.7 Å². The Balaban J connectivity index is 5.18. The van der Waals surface area contributed by atoms with Gasteiger partial charge in [0.05, 0.1) is 26.4 Å². The van der Waals surface area contributed by atoms with Crippen LogP contribution in [0.5, 0.6) is 0 Å². The molecule has 0 aromatic carbocycles. The van der Waals surface area contributed by atoms with Crippen molar-refractivity contribution in [3.05, 3.63) is 0 Å². The summed E-state index contributed by atoms with van der Waals surface area (Å²) in [7, 11) is -9.92. The maximum atomic E-state index is 13.1. The zero-order valence-corrected chi connectivity index (χ0v) is 66.9. The second-order valence-electron chi connectivity index (χ2n) is 30.2. The van der Waals surface area contributed by atoms with Gasteiger partial charge >= 0.3 is 39.5 Å². The molecule has 0 radical (unpaired) electrons. The Morgan fingerprint density at radius 3 is 0.717 bits per heavy atom. The quantitative estimate of drug-likeness (QED) is 0.0222. The minimum Gasteiger partial charge on any atom is -0.462 e. The Labute approximate surface area is 607 Å². The maximum absolute atomic E-state index is 13.1. The molecule has 3 N–H and O–H groups in total. The first-order valence-electron chi connectivity index (χ1n) is 41.3. The number of ether oxygens (including phenoxy) is 4. The van der Waals surface area contributed by atoms with Crippen LogP contribution in [0, 0.1) is 23.7 Å². The smallest absolute Gasteiger partial charge is 0.462 e. The zero-order valence-electron chi connectivity index (χ0n) is 65.1. The highest BCUT2D eigenvalue weighted by molar-refractivity contribution is 7.47. The van der Waals surface area contributed by atoms with Crippen molar-refractivity contribution >= 4 is 39.5 Å². The summed E-state index contributed by atoms with van der Waals surface area (Å²) in [6.07, 6.45) is 55.7. The van der Waals surface area contributed by atoms with Gasteiger partial charge in [-0.05, 0) is 49.4 Å². The summed E-state index contributed by atoms with van der Waals surface area (Å²) in [6, 6.07) is 0. The molecule has 0 saturated heterocycles. The van der Waals surface area contributed by atoms with Crippen molar-refractivity contribution in [2.75, 3.05) is 39.6 Å². The molecule has 0 aliphatic rings. The van der Waals surface area contributed by atoms with Crippen molar-refractivity contribution in [1.29, 1.82) is 0 Å². The molecule has 0 aromatic rings. The molecule has 7 atom stereocenters. The van der Waals surface area contributed by atoms with Crippen LogP contribution in [0.2, 0.25) is 0 Å². The minimum absolute atomic E-state index is 0.106. The van der Waals surface area contributed by atoms with Crippen LogP contribution in [-0.4, -0.2) is 96.7 Å². The summed E-state index contributed by atoms with van der Waals surface area (Å²) >= 11 is 0. The first kappa shape index (κ1) is 97.1. The molecule has 0 heterocycles. The van der Waals surface area contributed by atoms with Crippen LogP contribution < -0.4 is 0 Å². The molecule has 0 aliphatic carbocycles. The molecule has 0 spiro atoms. The average Bonchev–Trinajstić information content (AvgIpc) is 0.964. The Morgan fingerprint density at radius 2 is 0.485 bits per heavy atom. The first-order valence-corrected chi connectivity index (χ1v) is 44.3. The van der Waals surface area contributed by atoms with E-state index in [4.69, 9.17) is 37.0 Å². The summed E-state index contributed by atoms with van der Waals surface area (Å²) in [5.74, 6) is 0.966. The molecular weight excluding hydrogens is 1290 g/mol. The van der Waals surface area contributed by atoms with E-state index in [-0.39, 0.29) is 25.7 Å². The number of hydrogen-bond donors (Lipinski definition) is 3. The van der Waals surface area contributed by atoms with Crippen LogP contribution in [0.3, 0.4) is 0 Å². The Kier molecular flexibility index (Phi) is 67.8. The van der Waals surface area contributed by atoms with Gasteiger partial charge in [0.25, 0.3) is 0 Å². The third kappa shape index (κ3) is 71.5. The van der Waals surface area contributed by atoms with Crippen molar-refractivity contribution in [2.45, 2.75) is 427 Å². The second-order valence-corrected chi connectivity index (χ2v) is 33.1. The number of unbranched alkanes of at least 4 members (excludes halogenated alkanes) is 41. The van der Waals surface area contributed by atoms with Gasteiger partial charge in [-0.2, -0.15) is 0 Å². The number of aliphatic hydroxyl groups is 1. The zero-order chi connectivity index (χ0) is 73.1. The minimum atomic E-state index is -4.96. The molecular formula is C80H156O17P2. The number of phosphoric ester groups is 2. The topological polar surface area (TPSA) is 237 Å². The van der Waals surface area contributed by atoms with E-state index in [1.54, 1.807) is 0 Å². The maximum Gasteiger partial charge on any atom is 0.472 e. The van der Waals surface area contributed by atoms with Gasteiger partial charge < -0.3 is 33.8 Å². The molecule has 0 bridgehead atoms. The number of esters is 4. The van der Waals surface area contributed by atoms with E-state index >= 15 is 0 Å². The summed E-state index contributed by atoms with van der Waals surface area (Å²) in [5, 5.41) is 10.6. The number of aliphatic hydroxyl groups excluding tert-OH is 1. The number of carbonyl (C=O) groups is 4. The van der Waals surface area contributed by atoms with E-state index in [9.17, 15) is 43.2 Å². The van der Waals surface area contributed by atoms with Crippen LogP contribution in [0.1, 0.15) is 409 Å². The van der Waals surface area contributed by atoms with Gasteiger partial charge in [0.2, 0.25) is 0 Å². The molecule has 0 amide bonds. The predicted octanol–water partition coefficient (Wildman–Crippen LogP) is 23.6. The molecule has 19 heteroatoms. The predicted molar refractivity (Wildman–Crippen MR) is 404 cm³/mol. The van der Waals surface area contributed by atoms with Gasteiger partial charge in [-0.1, -0.05) is 357 Å². The van der Waals surface area contributed by atoms with Crippen molar-refractivity contribution in [2.24, 2.45) is 23.7 Å². The monoisotopic (exact) mass is 1450 g/mol. The van der Waals surface area contributed by atoms with E-state index in [1.165, 1.54) is 199 Å². The third-order valence-corrected chi connectivity index (χ3v) is 21.2. The normalized spacial score (nSPS) is 14.6. The fourth-order valence-electron chi connectivity index (χ4n) is 12.2. The van der Waals surface area contributed by atoms with E-state index in [1.807, 2.05) is 0 Å². The van der Waals surface area contributed by atoms with Gasteiger partial charge in [-0.3, -0.25) is 37.3 Å². The van der Waals surface area contributed by atoms with Crippen LogP contribution >= 0.6 is 15.6 Å². The average molecular weight is 1450 g/mol. The summed E-state index contributed by atoms with van der Waals surface area (Å²) in [4.78, 5) is 72.9. The fraction of sp³-hybridized carbons (Fsp3) is 0.950. The van der Waals surface area contributed by atoms with E-state index in [0.717, 1.165) is 126 Å². The van der Waals surface area contributed by atoms with Crippen molar-refractivity contribution in [3.63, 3.8) is 0 Å². The highest BCUT2D eigenvalue weighted by atomic mass is 31.2.